The van der Waals surface area contributed by atoms with E-state index in [0.29, 0.717) is 0 Å². The summed E-state index contributed by atoms with van der Waals surface area (Å²) in [6.45, 7) is 0.931. The first-order chi connectivity index (χ1) is 9.25. The predicted octanol–water partition coefficient (Wildman–Crippen LogP) is 4.23. The summed E-state index contributed by atoms with van der Waals surface area (Å²) in [5, 5.41) is 1.25. The molecule has 0 spiro atoms. The number of benzene rings is 2. The minimum atomic E-state index is 0.873. The molecule has 0 aliphatic heterocycles. The highest BCUT2D eigenvalue weighted by molar-refractivity contribution is 9.10. The average molecular weight is 315 g/mol. The van der Waals surface area contributed by atoms with Gasteiger partial charge in [-0.25, -0.2) is 0 Å². The first-order valence-corrected chi connectivity index (χ1v) is 7.12. The van der Waals surface area contributed by atoms with Crippen LogP contribution in [0.15, 0.2) is 59.2 Å². The van der Waals surface area contributed by atoms with Gasteiger partial charge in [0, 0.05) is 33.8 Å². The molecule has 96 valence electrons. The number of rotatable bonds is 3. The zero-order chi connectivity index (χ0) is 13.2. The second-order valence-electron chi connectivity index (χ2n) is 4.64. The second-order valence-corrected chi connectivity index (χ2v) is 5.49. The number of nitrogens with zero attached hydrogens (tertiary/aromatic N) is 1. The molecular weight excluding hydrogens is 300 g/mol. The number of hydrogen-bond acceptors (Lipinski definition) is 1. The van der Waals surface area contributed by atoms with E-state index in [1.54, 1.807) is 0 Å². The lowest BCUT2D eigenvalue weighted by Crippen LogP contribution is -2.02. The van der Waals surface area contributed by atoms with Crippen LogP contribution in [0.25, 0.3) is 10.9 Å². The lowest BCUT2D eigenvalue weighted by atomic mass is 10.1. The summed E-state index contributed by atoms with van der Waals surface area (Å²) in [5.74, 6) is 0. The number of halogens is 1. The standard InChI is InChI=1S/C16H15BrN2/c17-14-11-19(16-8-4-2-6-13(14)16)10-9-12-5-1-3-7-15(12)18/h1-8,11H,9-10,18H2. The Morgan fingerprint density at radius 3 is 2.58 bits per heavy atom. The molecule has 0 fully saturated rings. The van der Waals surface area contributed by atoms with Crippen LogP contribution < -0.4 is 5.73 Å². The Labute approximate surface area is 121 Å². The van der Waals surface area contributed by atoms with E-state index in [2.05, 4.69) is 57.0 Å². The van der Waals surface area contributed by atoms with Crippen LogP contribution in [-0.2, 0) is 13.0 Å². The Morgan fingerprint density at radius 1 is 1.00 bits per heavy atom. The van der Waals surface area contributed by atoms with E-state index in [9.17, 15) is 0 Å². The Kier molecular flexibility index (Phi) is 3.30. The molecule has 1 aromatic heterocycles. The van der Waals surface area contributed by atoms with E-state index in [-0.39, 0.29) is 0 Å². The number of aromatic nitrogens is 1. The number of fused-ring (bicyclic) bond motifs is 1. The van der Waals surface area contributed by atoms with Crippen LogP contribution in [0.3, 0.4) is 0 Å². The fraction of sp³-hybridized carbons (Fsp3) is 0.125. The highest BCUT2D eigenvalue weighted by atomic mass is 79.9. The topological polar surface area (TPSA) is 30.9 Å². The van der Waals surface area contributed by atoms with Gasteiger partial charge in [-0.15, -0.1) is 0 Å². The summed E-state index contributed by atoms with van der Waals surface area (Å²) in [6.07, 6.45) is 3.08. The molecule has 3 rings (SSSR count). The molecule has 19 heavy (non-hydrogen) atoms. The molecule has 2 nitrogen and oxygen atoms in total. The lowest BCUT2D eigenvalue weighted by molar-refractivity contribution is 0.723. The van der Waals surface area contributed by atoms with Crippen molar-refractivity contribution < 1.29 is 0 Å². The summed E-state index contributed by atoms with van der Waals surface area (Å²) < 4.78 is 3.41. The van der Waals surface area contributed by atoms with Crippen LogP contribution in [0.4, 0.5) is 5.69 Å². The van der Waals surface area contributed by atoms with Crippen LogP contribution in [0.1, 0.15) is 5.56 Å². The number of aryl methyl sites for hydroxylation is 2. The summed E-state index contributed by atoms with van der Waals surface area (Å²) in [6, 6.07) is 16.5. The van der Waals surface area contributed by atoms with E-state index < -0.39 is 0 Å². The van der Waals surface area contributed by atoms with Gasteiger partial charge in [-0.3, -0.25) is 0 Å². The number of nitrogen functional groups attached to an aromatic ring is 1. The zero-order valence-corrected chi connectivity index (χ0v) is 12.1. The van der Waals surface area contributed by atoms with Gasteiger partial charge >= 0.3 is 0 Å². The Balaban J connectivity index is 1.88. The van der Waals surface area contributed by atoms with Crippen molar-refractivity contribution in [2.24, 2.45) is 0 Å². The van der Waals surface area contributed by atoms with Gasteiger partial charge < -0.3 is 10.3 Å². The molecule has 0 aliphatic carbocycles. The molecule has 0 saturated heterocycles. The minimum absolute atomic E-state index is 0.873. The maximum Gasteiger partial charge on any atom is 0.0492 e. The van der Waals surface area contributed by atoms with Crippen LogP contribution in [0, 0.1) is 0 Å². The van der Waals surface area contributed by atoms with Crippen molar-refractivity contribution >= 4 is 32.5 Å². The van der Waals surface area contributed by atoms with Crippen LogP contribution in [0.2, 0.25) is 0 Å². The number of anilines is 1. The molecule has 3 heteroatoms. The smallest absolute Gasteiger partial charge is 0.0492 e. The van der Waals surface area contributed by atoms with Crippen molar-refractivity contribution in [1.29, 1.82) is 0 Å². The highest BCUT2D eigenvalue weighted by Gasteiger charge is 2.06. The summed E-state index contributed by atoms with van der Waals surface area (Å²) in [5.41, 5.74) is 9.32. The van der Waals surface area contributed by atoms with Gasteiger partial charge in [-0.1, -0.05) is 36.4 Å². The lowest BCUT2D eigenvalue weighted by Gasteiger charge is -2.07. The Morgan fingerprint density at radius 2 is 1.74 bits per heavy atom. The molecule has 1 heterocycles. The van der Waals surface area contributed by atoms with Gasteiger partial charge in [0.05, 0.1) is 0 Å². The highest BCUT2D eigenvalue weighted by Crippen LogP contribution is 2.26. The molecule has 2 aromatic carbocycles. The number of hydrogen-bond donors (Lipinski definition) is 1. The van der Waals surface area contributed by atoms with Gasteiger partial charge in [0.15, 0.2) is 0 Å². The number of para-hydroxylation sites is 2. The van der Waals surface area contributed by atoms with E-state index in [0.717, 1.165) is 23.1 Å². The third-order valence-electron chi connectivity index (χ3n) is 3.42. The molecule has 0 aliphatic rings. The maximum absolute atomic E-state index is 5.98. The van der Waals surface area contributed by atoms with E-state index in [1.165, 1.54) is 16.5 Å². The van der Waals surface area contributed by atoms with E-state index >= 15 is 0 Å². The van der Waals surface area contributed by atoms with Crippen molar-refractivity contribution in [2.45, 2.75) is 13.0 Å². The summed E-state index contributed by atoms with van der Waals surface area (Å²) in [7, 11) is 0. The molecular formula is C16H15BrN2. The summed E-state index contributed by atoms with van der Waals surface area (Å²) in [4.78, 5) is 0. The quantitative estimate of drug-likeness (QED) is 0.721. The molecule has 3 aromatic rings. The van der Waals surface area contributed by atoms with Crippen LogP contribution >= 0.6 is 15.9 Å². The molecule has 0 atom stereocenters. The number of nitrogens with two attached hydrogens (primary N) is 1. The van der Waals surface area contributed by atoms with Crippen molar-refractivity contribution in [1.82, 2.24) is 4.57 Å². The average Bonchev–Trinajstić information content (AvgIpc) is 2.75. The Bertz CT molecular complexity index is 716. The van der Waals surface area contributed by atoms with E-state index in [4.69, 9.17) is 5.73 Å². The molecule has 0 radical (unpaired) electrons. The second kappa shape index (κ2) is 5.10. The van der Waals surface area contributed by atoms with Gasteiger partial charge in [0.1, 0.15) is 0 Å². The molecule has 0 saturated carbocycles. The SMILES string of the molecule is Nc1ccccc1CCn1cc(Br)c2ccccc21. The van der Waals surface area contributed by atoms with Crippen molar-refractivity contribution in [3.05, 3.63) is 64.8 Å². The minimum Gasteiger partial charge on any atom is -0.399 e. The first-order valence-electron chi connectivity index (χ1n) is 6.32. The van der Waals surface area contributed by atoms with E-state index in [1.807, 2.05) is 18.2 Å². The fourth-order valence-electron chi connectivity index (χ4n) is 2.39. The normalized spacial score (nSPS) is 11.0. The monoisotopic (exact) mass is 314 g/mol. The van der Waals surface area contributed by atoms with Crippen LogP contribution in [0.5, 0.6) is 0 Å². The first kappa shape index (κ1) is 12.3. The van der Waals surface area contributed by atoms with Crippen LogP contribution in [-0.4, -0.2) is 4.57 Å². The third-order valence-corrected chi connectivity index (χ3v) is 4.05. The van der Waals surface area contributed by atoms with Crippen molar-refractivity contribution in [2.75, 3.05) is 5.73 Å². The van der Waals surface area contributed by atoms with Gasteiger partial charge in [0.25, 0.3) is 0 Å². The Hall–Kier alpha value is -1.74. The maximum atomic E-state index is 5.98. The molecule has 0 amide bonds. The molecule has 2 N–H and O–H groups in total. The fourth-order valence-corrected chi connectivity index (χ4v) is 2.97. The largest absolute Gasteiger partial charge is 0.399 e. The zero-order valence-electron chi connectivity index (χ0n) is 10.5. The summed E-state index contributed by atoms with van der Waals surface area (Å²) >= 11 is 3.61. The van der Waals surface area contributed by atoms with Crippen molar-refractivity contribution in [3.63, 3.8) is 0 Å². The van der Waals surface area contributed by atoms with Gasteiger partial charge in [-0.05, 0) is 40.0 Å². The predicted molar refractivity (Wildman–Crippen MR) is 84.2 cm³/mol. The van der Waals surface area contributed by atoms with Gasteiger partial charge in [0.2, 0.25) is 0 Å². The van der Waals surface area contributed by atoms with Crippen molar-refractivity contribution in [3.8, 4) is 0 Å². The third kappa shape index (κ3) is 2.38. The van der Waals surface area contributed by atoms with Gasteiger partial charge in [-0.2, -0.15) is 0 Å². The molecule has 0 unspecified atom stereocenters. The molecule has 0 bridgehead atoms.